The number of piperidine rings is 1. The molecule has 8 nitrogen and oxygen atoms in total. The summed E-state index contributed by atoms with van der Waals surface area (Å²) < 4.78 is 70.8. The SMILES string of the molecule is CN(C[C@@H]1CCCN(c2c(NC(=O)c3csc(-c4ccccc4)n3)ccc(Oc3ccccc3F)c2C(F)(F)F)C1)C(=O)OC(C)(C)C. The second kappa shape index (κ2) is 14.2. The van der Waals surface area contributed by atoms with E-state index in [1.54, 1.807) is 38.1 Å². The molecule has 0 aliphatic carbocycles. The summed E-state index contributed by atoms with van der Waals surface area (Å²) >= 11 is 1.24. The number of rotatable bonds is 8. The summed E-state index contributed by atoms with van der Waals surface area (Å²) in [6.07, 6.45) is -4.33. The zero-order valence-corrected chi connectivity index (χ0v) is 27.8. The topological polar surface area (TPSA) is 84.0 Å². The smallest absolute Gasteiger partial charge is 0.422 e. The molecule has 1 aromatic heterocycles. The Kier molecular flexibility index (Phi) is 10.3. The third-order valence-electron chi connectivity index (χ3n) is 7.56. The van der Waals surface area contributed by atoms with Gasteiger partial charge < -0.3 is 24.6 Å². The minimum absolute atomic E-state index is 0.0422. The van der Waals surface area contributed by atoms with Gasteiger partial charge in [0.1, 0.15) is 27.6 Å². The van der Waals surface area contributed by atoms with Gasteiger partial charge in [-0.15, -0.1) is 11.3 Å². The Morgan fingerprint density at radius 3 is 2.42 bits per heavy atom. The summed E-state index contributed by atoms with van der Waals surface area (Å²) in [5, 5.41) is 4.78. The van der Waals surface area contributed by atoms with Gasteiger partial charge >= 0.3 is 12.3 Å². The molecule has 0 spiro atoms. The Labute approximate surface area is 280 Å². The van der Waals surface area contributed by atoms with Crippen LogP contribution in [0, 0.1) is 11.7 Å². The summed E-state index contributed by atoms with van der Waals surface area (Å²) in [5.74, 6) is -2.73. The summed E-state index contributed by atoms with van der Waals surface area (Å²) in [4.78, 5) is 33.5. The normalized spacial score (nSPS) is 15.2. The fraction of sp³-hybridized carbons (Fsp3) is 0.343. The number of hydrogen-bond acceptors (Lipinski definition) is 7. The van der Waals surface area contributed by atoms with E-state index in [2.05, 4.69) is 10.3 Å². The maximum absolute atomic E-state index is 15.1. The Balaban J connectivity index is 1.51. The molecule has 1 N–H and O–H groups in total. The average molecular weight is 685 g/mol. The van der Waals surface area contributed by atoms with Crippen LogP contribution in [0.25, 0.3) is 10.6 Å². The van der Waals surface area contributed by atoms with Gasteiger partial charge in [-0.3, -0.25) is 4.79 Å². The van der Waals surface area contributed by atoms with Crippen molar-refractivity contribution in [1.82, 2.24) is 9.88 Å². The molecule has 5 rings (SSSR count). The third kappa shape index (κ3) is 8.43. The summed E-state index contributed by atoms with van der Waals surface area (Å²) in [7, 11) is 1.58. The molecule has 1 fully saturated rings. The number of amides is 2. The number of anilines is 2. The van der Waals surface area contributed by atoms with Gasteiger partial charge in [-0.05, 0) is 63.8 Å². The fourth-order valence-corrected chi connectivity index (χ4v) is 6.31. The zero-order valence-electron chi connectivity index (χ0n) is 26.9. The van der Waals surface area contributed by atoms with Crippen LogP contribution in [0.15, 0.2) is 72.1 Å². The molecule has 0 bridgehead atoms. The number of hydrogen-bond donors (Lipinski definition) is 1. The number of carbonyl (C=O) groups is 2. The highest BCUT2D eigenvalue weighted by molar-refractivity contribution is 7.13. The second-order valence-corrected chi connectivity index (χ2v) is 13.4. The first-order chi connectivity index (χ1) is 22.7. The van der Waals surface area contributed by atoms with E-state index in [-0.39, 0.29) is 48.4 Å². The van der Waals surface area contributed by atoms with Crippen molar-refractivity contribution in [2.45, 2.75) is 45.4 Å². The Morgan fingerprint density at radius 2 is 1.73 bits per heavy atom. The second-order valence-electron chi connectivity index (χ2n) is 12.5. The van der Waals surface area contributed by atoms with Gasteiger partial charge in [-0.1, -0.05) is 42.5 Å². The van der Waals surface area contributed by atoms with E-state index in [4.69, 9.17) is 9.47 Å². The Hall–Kier alpha value is -4.65. The minimum atomic E-state index is -4.96. The third-order valence-corrected chi connectivity index (χ3v) is 8.45. The van der Waals surface area contributed by atoms with Crippen molar-refractivity contribution in [3.8, 4) is 22.1 Å². The first-order valence-electron chi connectivity index (χ1n) is 15.4. The van der Waals surface area contributed by atoms with E-state index in [1.165, 1.54) is 40.5 Å². The number of para-hydroxylation sites is 1. The first kappa shape index (κ1) is 34.7. The van der Waals surface area contributed by atoms with Crippen LogP contribution in [-0.2, 0) is 10.9 Å². The van der Waals surface area contributed by atoms with E-state index >= 15 is 13.2 Å². The number of thiazole rings is 1. The zero-order chi connectivity index (χ0) is 34.6. The number of aromatic nitrogens is 1. The molecule has 13 heteroatoms. The van der Waals surface area contributed by atoms with Crippen LogP contribution >= 0.6 is 11.3 Å². The van der Waals surface area contributed by atoms with Crippen molar-refractivity contribution in [2.24, 2.45) is 5.92 Å². The Bertz CT molecular complexity index is 1760. The van der Waals surface area contributed by atoms with Crippen molar-refractivity contribution < 1.29 is 36.6 Å². The number of alkyl halides is 3. The lowest BCUT2D eigenvalue weighted by Crippen LogP contribution is -2.43. The van der Waals surface area contributed by atoms with Crippen LogP contribution < -0.4 is 15.0 Å². The first-order valence-corrected chi connectivity index (χ1v) is 16.3. The molecule has 1 saturated heterocycles. The van der Waals surface area contributed by atoms with E-state index in [0.717, 1.165) is 17.7 Å². The predicted octanol–water partition coefficient (Wildman–Crippen LogP) is 9.10. The molecule has 1 aliphatic heterocycles. The maximum Gasteiger partial charge on any atom is 0.422 e. The van der Waals surface area contributed by atoms with Crippen LogP contribution in [-0.4, -0.2) is 54.2 Å². The van der Waals surface area contributed by atoms with Gasteiger partial charge in [0.2, 0.25) is 0 Å². The number of benzene rings is 3. The van der Waals surface area contributed by atoms with Crippen LogP contribution in [0.1, 0.15) is 49.7 Å². The molecule has 4 aromatic rings. The molecule has 0 radical (unpaired) electrons. The van der Waals surface area contributed by atoms with E-state index in [1.807, 2.05) is 30.3 Å². The number of nitrogens with one attached hydrogen (secondary N) is 1. The van der Waals surface area contributed by atoms with Crippen LogP contribution in [0.3, 0.4) is 0 Å². The summed E-state index contributed by atoms with van der Waals surface area (Å²) in [6.45, 7) is 5.86. The predicted molar refractivity (Wildman–Crippen MR) is 177 cm³/mol. The van der Waals surface area contributed by atoms with Crippen molar-refractivity contribution in [1.29, 1.82) is 0 Å². The molecule has 3 aromatic carbocycles. The molecule has 1 atom stereocenters. The molecule has 1 aliphatic rings. The summed E-state index contributed by atoms with van der Waals surface area (Å²) in [6, 6.07) is 16.8. The molecule has 2 heterocycles. The lowest BCUT2D eigenvalue weighted by Gasteiger charge is -2.38. The van der Waals surface area contributed by atoms with Crippen LogP contribution in [0.5, 0.6) is 11.5 Å². The van der Waals surface area contributed by atoms with Crippen LogP contribution in [0.4, 0.5) is 33.7 Å². The monoisotopic (exact) mass is 684 g/mol. The highest BCUT2D eigenvalue weighted by Gasteiger charge is 2.42. The quantitative estimate of drug-likeness (QED) is 0.187. The number of halogens is 4. The average Bonchev–Trinajstić information content (AvgIpc) is 3.53. The molecule has 2 amide bonds. The van der Waals surface area contributed by atoms with Gasteiger partial charge in [0, 0.05) is 37.6 Å². The van der Waals surface area contributed by atoms with E-state index in [0.29, 0.717) is 17.8 Å². The molecular weight excluding hydrogens is 648 g/mol. The van der Waals surface area contributed by atoms with Gasteiger partial charge in [0.15, 0.2) is 11.6 Å². The maximum atomic E-state index is 15.1. The highest BCUT2D eigenvalue weighted by atomic mass is 32.1. The number of carbonyl (C=O) groups excluding carboxylic acids is 2. The molecule has 0 saturated carbocycles. The largest absolute Gasteiger partial charge is 0.454 e. The molecular formula is C35H36F4N4O4S. The molecule has 0 unspecified atom stereocenters. The van der Waals surface area contributed by atoms with Crippen molar-refractivity contribution in [3.05, 3.63) is 89.2 Å². The minimum Gasteiger partial charge on any atom is -0.454 e. The van der Waals surface area contributed by atoms with Crippen molar-refractivity contribution in [3.63, 3.8) is 0 Å². The molecule has 254 valence electrons. The van der Waals surface area contributed by atoms with Crippen molar-refractivity contribution in [2.75, 3.05) is 36.9 Å². The van der Waals surface area contributed by atoms with Crippen LogP contribution in [0.2, 0.25) is 0 Å². The van der Waals surface area contributed by atoms with E-state index < -0.39 is 40.9 Å². The van der Waals surface area contributed by atoms with Gasteiger partial charge in [-0.2, -0.15) is 13.2 Å². The number of ether oxygens (including phenoxy) is 2. The standard InChI is InChI=1S/C35H36F4N4O4S/c1-34(2,3)47-33(45)42(4)19-22-11-10-18-43(20-22)30-25(40-31(44)26-21-48-32(41-26)23-12-6-5-7-13-23)16-17-28(29(30)35(37,38)39)46-27-15-9-8-14-24(27)36/h5-9,12-17,21-22H,10-11,18-20H2,1-4H3,(H,40,44)/t22-/m0/s1. The number of nitrogens with zero attached hydrogens (tertiary/aromatic N) is 3. The van der Waals surface area contributed by atoms with Crippen molar-refractivity contribution >= 4 is 34.7 Å². The van der Waals surface area contributed by atoms with Gasteiger partial charge in [0.05, 0.1) is 11.4 Å². The fourth-order valence-electron chi connectivity index (χ4n) is 5.50. The van der Waals surface area contributed by atoms with E-state index in [9.17, 15) is 14.0 Å². The van der Waals surface area contributed by atoms with Gasteiger partial charge in [-0.25, -0.2) is 14.2 Å². The lowest BCUT2D eigenvalue weighted by molar-refractivity contribution is -0.138. The molecule has 48 heavy (non-hydrogen) atoms. The summed E-state index contributed by atoms with van der Waals surface area (Å²) in [5.41, 5.74) is -1.45. The Morgan fingerprint density at radius 1 is 1.02 bits per heavy atom. The van der Waals surface area contributed by atoms with Gasteiger partial charge in [0.25, 0.3) is 5.91 Å². The highest BCUT2D eigenvalue weighted by Crippen LogP contribution is 2.49. The lowest BCUT2D eigenvalue weighted by atomic mass is 9.95.